The lowest BCUT2D eigenvalue weighted by Crippen LogP contribution is -2.45. The summed E-state index contributed by atoms with van der Waals surface area (Å²) < 4.78 is 0. The Morgan fingerprint density at radius 2 is 2.10 bits per heavy atom. The van der Waals surface area contributed by atoms with Crippen LogP contribution in [-0.4, -0.2) is 23.3 Å². The second-order valence-corrected chi connectivity index (χ2v) is 7.48. The Morgan fingerprint density at radius 3 is 2.85 bits per heavy atom. The van der Waals surface area contributed by atoms with Gasteiger partial charge in [0, 0.05) is 17.1 Å². The first-order valence-corrected chi connectivity index (χ1v) is 8.06. The van der Waals surface area contributed by atoms with Crippen LogP contribution in [0.3, 0.4) is 0 Å². The van der Waals surface area contributed by atoms with E-state index in [4.69, 9.17) is 0 Å². The van der Waals surface area contributed by atoms with Gasteiger partial charge in [-0.3, -0.25) is 4.79 Å². The number of ketones is 1. The highest BCUT2D eigenvalue weighted by atomic mass is 32.2. The first kappa shape index (κ1) is 13.7. The van der Waals surface area contributed by atoms with Crippen molar-refractivity contribution in [3.8, 4) is 0 Å². The highest BCUT2D eigenvalue weighted by molar-refractivity contribution is 8.00. The van der Waals surface area contributed by atoms with Crippen molar-refractivity contribution in [2.45, 2.75) is 37.6 Å². The lowest BCUT2D eigenvalue weighted by Gasteiger charge is -2.36. The normalized spacial score (nSPS) is 27.7. The Hall–Kier alpha value is -1.29. The highest BCUT2D eigenvalue weighted by Gasteiger charge is 2.45. The molecule has 0 radical (unpaired) electrons. The summed E-state index contributed by atoms with van der Waals surface area (Å²) in [4.78, 5) is 13.6. The van der Waals surface area contributed by atoms with E-state index in [-0.39, 0.29) is 17.4 Å². The van der Waals surface area contributed by atoms with E-state index in [1.807, 2.05) is 18.2 Å². The largest absolute Gasteiger partial charge is 0.306 e. The van der Waals surface area contributed by atoms with Crippen molar-refractivity contribution in [1.82, 2.24) is 5.43 Å². The molecule has 0 spiro atoms. The topological polar surface area (TPSA) is 41.5 Å². The van der Waals surface area contributed by atoms with Crippen LogP contribution in [0.15, 0.2) is 40.3 Å². The number of carbonyl (C=O) groups is 1. The van der Waals surface area contributed by atoms with Crippen molar-refractivity contribution in [1.29, 1.82) is 0 Å². The first-order valence-electron chi connectivity index (χ1n) is 7.08. The first-order chi connectivity index (χ1) is 9.55. The van der Waals surface area contributed by atoms with Gasteiger partial charge in [0.15, 0.2) is 0 Å². The average molecular weight is 288 g/mol. The molecule has 20 heavy (non-hydrogen) atoms. The van der Waals surface area contributed by atoms with Crippen molar-refractivity contribution in [3.63, 3.8) is 0 Å². The molecule has 1 fully saturated rings. The maximum absolute atomic E-state index is 12.4. The van der Waals surface area contributed by atoms with Crippen LogP contribution in [0, 0.1) is 11.3 Å². The van der Waals surface area contributed by atoms with Gasteiger partial charge in [-0.2, -0.15) is 5.10 Å². The Labute approximate surface area is 124 Å². The van der Waals surface area contributed by atoms with Gasteiger partial charge in [0.1, 0.15) is 5.78 Å². The van der Waals surface area contributed by atoms with Crippen LogP contribution < -0.4 is 5.43 Å². The lowest BCUT2D eigenvalue weighted by molar-refractivity contribution is -0.126. The summed E-state index contributed by atoms with van der Waals surface area (Å²) in [6, 6.07) is 10.5. The molecule has 1 saturated carbocycles. The Balaban J connectivity index is 1.66. The number of hydrazone groups is 1. The number of hydrogen-bond acceptors (Lipinski definition) is 4. The van der Waals surface area contributed by atoms with Crippen LogP contribution in [0.5, 0.6) is 0 Å². The summed E-state index contributed by atoms with van der Waals surface area (Å²) in [5.41, 5.74) is 4.30. The van der Waals surface area contributed by atoms with Crippen LogP contribution in [0.2, 0.25) is 0 Å². The smallest absolute Gasteiger partial charge is 0.144 e. The molecule has 1 aromatic carbocycles. The van der Waals surface area contributed by atoms with Gasteiger partial charge < -0.3 is 5.43 Å². The molecule has 0 aromatic heterocycles. The molecule has 2 atom stereocenters. The van der Waals surface area contributed by atoms with Gasteiger partial charge in [0.25, 0.3) is 0 Å². The number of rotatable bonds is 3. The van der Waals surface area contributed by atoms with Gasteiger partial charge in [0.05, 0.1) is 17.7 Å². The fourth-order valence-electron chi connectivity index (χ4n) is 3.16. The zero-order valence-electron chi connectivity index (χ0n) is 11.9. The van der Waals surface area contributed by atoms with E-state index in [0.29, 0.717) is 12.2 Å². The molecule has 4 heteroatoms. The summed E-state index contributed by atoms with van der Waals surface area (Å²) in [5, 5.41) is 4.44. The molecule has 3 rings (SSSR count). The monoisotopic (exact) mass is 288 g/mol. The van der Waals surface area contributed by atoms with E-state index in [2.05, 4.69) is 36.5 Å². The summed E-state index contributed by atoms with van der Waals surface area (Å²) in [7, 11) is 0. The number of fused-ring (bicyclic) bond motifs is 1. The minimum absolute atomic E-state index is 0.000706. The molecule has 0 bridgehead atoms. The van der Waals surface area contributed by atoms with Gasteiger partial charge in [-0.25, -0.2) is 0 Å². The molecule has 1 heterocycles. The molecule has 1 aliphatic carbocycles. The van der Waals surface area contributed by atoms with E-state index < -0.39 is 0 Å². The van der Waals surface area contributed by atoms with Gasteiger partial charge in [-0.05, 0) is 24.0 Å². The van der Waals surface area contributed by atoms with Crippen molar-refractivity contribution >= 4 is 23.3 Å². The third kappa shape index (κ3) is 2.75. The van der Waals surface area contributed by atoms with Gasteiger partial charge in [-0.1, -0.05) is 32.0 Å². The number of nitrogens with zero attached hydrogens (tertiary/aromatic N) is 1. The number of nitrogens with one attached hydrogen (secondary N) is 1. The minimum atomic E-state index is -0.000706. The Kier molecular flexibility index (Phi) is 3.59. The zero-order valence-corrected chi connectivity index (χ0v) is 12.7. The van der Waals surface area contributed by atoms with E-state index >= 15 is 0 Å². The van der Waals surface area contributed by atoms with E-state index in [1.54, 1.807) is 11.8 Å². The number of benzene rings is 1. The molecule has 3 nitrogen and oxygen atoms in total. The standard InChI is InChI=1S/C16H20N2OS/c1-16(2)8-12-15(14(19)9-16)13(18-17-12)10-20-11-6-4-3-5-7-11/h3-7,12,15,17H,8-10H2,1-2H3/t12-,15+/m1/s1. The highest BCUT2D eigenvalue weighted by Crippen LogP contribution is 2.39. The van der Waals surface area contributed by atoms with Crippen LogP contribution in [0.25, 0.3) is 0 Å². The summed E-state index contributed by atoms with van der Waals surface area (Å²) in [6.07, 6.45) is 1.69. The molecule has 0 saturated heterocycles. The van der Waals surface area contributed by atoms with Crippen LogP contribution in [0.4, 0.5) is 0 Å². The maximum atomic E-state index is 12.4. The number of carbonyl (C=O) groups excluding carboxylic acids is 1. The van der Waals surface area contributed by atoms with Crippen LogP contribution >= 0.6 is 11.8 Å². The predicted molar refractivity (Wildman–Crippen MR) is 83.0 cm³/mol. The zero-order chi connectivity index (χ0) is 14.2. The number of hydrogen-bond donors (Lipinski definition) is 1. The average Bonchev–Trinajstić information content (AvgIpc) is 2.79. The SMILES string of the molecule is CC1(C)CC(=O)[C@@H]2C(CSc3ccccc3)=NN[C@@H]2C1. The molecule has 2 aliphatic rings. The van der Waals surface area contributed by atoms with E-state index in [9.17, 15) is 4.79 Å². The molecular formula is C16H20N2OS. The molecule has 1 N–H and O–H groups in total. The lowest BCUT2D eigenvalue weighted by atomic mass is 9.69. The third-order valence-electron chi connectivity index (χ3n) is 4.04. The maximum Gasteiger partial charge on any atom is 0.144 e. The van der Waals surface area contributed by atoms with Crippen LogP contribution in [0.1, 0.15) is 26.7 Å². The molecule has 0 amide bonds. The fraction of sp³-hybridized carbons (Fsp3) is 0.500. The molecule has 0 unspecified atom stereocenters. The molecule has 106 valence electrons. The van der Waals surface area contributed by atoms with Crippen molar-refractivity contribution in [3.05, 3.63) is 30.3 Å². The molecule has 1 aromatic rings. The second kappa shape index (κ2) is 5.24. The fourth-order valence-corrected chi connectivity index (χ4v) is 4.07. The molecule has 1 aliphatic heterocycles. The van der Waals surface area contributed by atoms with E-state index in [0.717, 1.165) is 17.9 Å². The number of thioether (sulfide) groups is 1. The summed E-state index contributed by atoms with van der Waals surface area (Å²) >= 11 is 1.75. The Bertz CT molecular complexity index is 539. The second-order valence-electron chi connectivity index (χ2n) is 6.43. The van der Waals surface area contributed by atoms with Crippen molar-refractivity contribution in [2.24, 2.45) is 16.4 Å². The van der Waals surface area contributed by atoms with Crippen molar-refractivity contribution < 1.29 is 4.79 Å². The summed E-state index contributed by atoms with van der Waals surface area (Å²) in [6.45, 7) is 4.33. The molecular weight excluding hydrogens is 268 g/mol. The van der Waals surface area contributed by atoms with E-state index in [1.165, 1.54) is 4.90 Å². The predicted octanol–water partition coefficient (Wildman–Crippen LogP) is 3.11. The van der Waals surface area contributed by atoms with Gasteiger partial charge in [-0.15, -0.1) is 11.8 Å². The third-order valence-corrected chi connectivity index (χ3v) is 5.08. The van der Waals surface area contributed by atoms with Crippen LogP contribution in [-0.2, 0) is 4.79 Å². The quantitative estimate of drug-likeness (QED) is 0.869. The number of Topliss-reactive ketones (excluding diaryl/α,β-unsaturated/α-hetero) is 1. The van der Waals surface area contributed by atoms with Gasteiger partial charge >= 0.3 is 0 Å². The minimum Gasteiger partial charge on any atom is -0.306 e. The summed E-state index contributed by atoms with van der Waals surface area (Å²) in [5.74, 6) is 1.15. The Morgan fingerprint density at radius 1 is 1.35 bits per heavy atom. The van der Waals surface area contributed by atoms with Crippen molar-refractivity contribution in [2.75, 3.05) is 5.75 Å². The van der Waals surface area contributed by atoms with Gasteiger partial charge in [0.2, 0.25) is 0 Å².